The van der Waals surface area contributed by atoms with Crippen LogP contribution in [0.15, 0.2) is 71.2 Å². The molecule has 0 saturated heterocycles. The van der Waals surface area contributed by atoms with Gasteiger partial charge in [0.15, 0.2) is 0 Å². The molecule has 0 bridgehead atoms. The number of benzene rings is 3. The van der Waals surface area contributed by atoms with Crippen molar-refractivity contribution < 1.29 is 9.59 Å². The minimum Gasteiger partial charge on any atom is -0.368 e. The lowest BCUT2D eigenvalue weighted by molar-refractivity contribution is -0.127. The fraction of sp³-hybridized carbons (Fsp3) is 0.130. The minimum atomic E-state index is -0.850. The van der Waals surface area contributed by atoms with Crippen LogP contribution in [0.1, 0.15) is 22.6 Å². The van der Waals surface area contributed by atoms with Crippen LogP contribution in [0.4, 0.5) is 0 Å². The summed E-state index contributed by atoms with van der Waals surface area (Å²) in [5.41, 5.74) is 10.3. The predicted molar refractivity (Wildman–Crippen MR) is 118 cm³/mol. The molecule has 4 rings (SSSR count). The smallest absolute Gasteiger partial charge is 0.240 e. The second-order valence-electron chi connectivity index (χ2n) is 7.01. The molecule has 1 atom stereocenters. The van der Waals surface area contributed by atoms with Gasteiger partial charge in [-0.2, -0.15) is 0 Å². The molecule has 1 aliphatic rings. The third-order valence-electron chi connectivity index (χ3n) is 5.19. The molecule has 0 radical (unpaired) electrons. The molecular weight excluding hydrogens is 452 g/mol. The Balaban J connectivity index is 1.64. The van der Waals surface area contributed by atoms with E-state index >= 15 is 0 Å². The number of primary amides is 1. The Labute approximate surface area is 182 Å². The van der Waals surface area contributed by atoms with Crippen LogP contribution in [0, 0.1) is 0 Å². The van der Waals surface area contributed by atoms with E-state index < -0.39 is 17.9 Å². The van der Waals surface area contributed by atoms with Gasteiger partial charge in [0.1, 0.15) is 6.04 Å². The number of carbonyl (C=O) groups excluding carboxylic acids is 2. The second-order valence-corrected chi connectivity index (χ2v) is 8.30. The van der Waals surface area contributed by atoms with E-state index in [1.807, 2.05) is 48.5 Å². The van der Waals surface area contributed by atoms with Gasteiger partial charge in [-0.3, -0.25) is 9.59 Å². The van der Waals surface area contributed by atoms with E-state index in [1.165, 1.54) is 0 Å². The average Bonchev–Trinajstić information content (AvgIpc) is 3.04. The summed E-state index contributed by atoms with van der Waals surface area (Å²) in [7, 11) is 0. The molecule has 6 heteroatoms. The summed E-state index contributed by atoms with van der Waals surface area (Å²) < 4.78 is 0.805. The van der Waals surface area contributed by atoms with Crippen LogP contribution in [-0.2, 0) is 16.0 Å². The Bertz CT molecular complexity index is 1070. The highest BCUT2D eigenvalue weighted by Gasteiger charge is 2.35. The number of halogens is 2. The zero-order valence-electron chi connectivity index (χ0n) is 15.4. The zero-order valence-corrected chi connectivity index (χ0v) is 17.7. The van der Waals surface area contributed by atoms with Gasteiger partial charge >= 0.3 is 0 Å². The molecule has 0 saturated carbocycles. The minimum absolute atomic E-state index is 0.246. The Kier molecular flexibility index (Phi) is 5.43. The maximum absolute atomic E-state index is 13.3. The maximum atomic E-state index is 13.3. The van der Waals surface area contributed by atoms with Crippen LogP contribution in [0.5, 0.6) is 0 Å². The van der Waals surface area contributed by atoms with E-state index in [9.17, 15) is 9.59 Å². The Hall–Kier alpha value is -2.63. The highest BCUT2D eigenvalue weighted by Crippen LogP contribution is 2.44. The van der Waals surface area contributed by atoms with Gasteiger partial charge in [0, 0.05) is 15.9 Å². The number of fused-ring (bicyclic) bond motifs is 3. The van der Waals surface area contributed by atoms with Crippen molar-refractivity contribution in [1.29, 1.82) is 0 Å². The summed E-state index contributed by atoms with van der Waals surface area (Å²) >= 11 is 9.54. The average molecular weight is 470 g/mol. The topological polar surface area (TPSA) is 72.2 Å². The lowest BCUT2D eigenvalue weighted by Crippen LogP contribution is -2.47. The van der Waals surface area contributed by atoms with Crippen LogP contribution in [0.25, 0.3) is 11.1 Å². The Morgan fingerprint density at radius 2 is 1.59 bits per heavy atom. The van der Waals surface area contributed by atoms with Gasteiger partial charge < -0.3 is 11.1 Å². The number of hydrogen-bond donors (Lipinski definition) is 2. The molecule has 29 heavy (non-hydrogen) atoms. The monoisotopic (exact) mass is 468 g/mol. The molecule has 0 aromatic heterocycles. The molecule has 0 spiro atoms. The molecule has 0 fully saturated rings. The lowest BCUT2D eigenvalue weighted by atomic mass is 9.95. The van der Waals surface area contributed by atoms with Gasteiger partial charge in [-0.15, -0.1) is 0 Å². The molecule has 3 aromatic rings. The van der Waals surface area contributed by atoms with Crippen molar-refractivity contribution in [3.8, 4) is 11.1 Å². The van der Waals surface area contributed by atoms with Crippen molar-refractivity contribution in [2.45, 2.75) is 18.4 Å². The molecule has 146 valence electrons. The second kappa shape index (κ2) is 8.01. The summed E-state index contributed by atoms with van der Waals surface area (Å²) in [5.74, 6) is -1.32. The summed E-state index contributed by atoms with van der Waals surface area (Å²) in [6.07, 6.45) is 0.248. The van der Waals surface area contributed by atoms with Crippen molar-refractivity contribution in [1.82, 2.24) is 5.32 Å². The van der Waals surface area contributed by atoms with E-state index in [1.54, 1.807) is 18.2 Å². The van der Waals surface area contributed by atoms with Crippen molar-refractivity contribution in [3.05, 3.63) is 92.9 Å². The number of carbonyl (C=O) groups is 2. The number of rotatable bonds is 5. The molecule has 4 nitrogen and oxygen atoms in total. The van der Waals surface area contributed by atoms with Gasteiger partial charge in [-0.1, -0.05) is 76.1 Å². The third kappa shape index (κ3) is 3.80. The normalized spacial score (nSPS) is 13.4. The zero-order chi connectivity index (χ0) is 20.5. The van der Waals surface area contributed by atoms with E-state index in [4.69, 9.17) is 17.3 Å². The van der Waals surface area contributed by atoms with Crippen LogP contribution in [0.3, 0.4) is 0 Å². The SMILES string of the molecule is NC(=O)[C@@H](Cc1cc(Cl)ccc1Br)NC(=O)C1c2ccccc2-c2ccccc21. The summed E-state index contributed by atoms with van der Waals surface area (Å²) in [5, 5.41) is 3.41. The highest BCUT2D eigenvalue weighted by atomic mass is 79.9. The lowest BCUT2D eigenvalue weighted by Gasteiger charge is -2.20. The first-order valence-electron chi connectivity index (χ1n) is 9.17. The van der Waals surface area contributed by atoms with Crippen molar-refractivity contribution in [2.75, 3.05) is 0 Å². The molecule has 0 aliphatic heterocycles. The molecule has 1 aliphatic carbocycles. The van der Waals surface area contributed by atoms with Crippen molar-refractivity contribution >= 4 is 39.3 Å². The summed E-state index contributed by atoms with van der Waals surface area (Å²) in [6, 6.07) is 20.1. The number of amides is 2. The number of nitrogens with one attached hydrogen (secondary N) is 1. The van der Waals surface area contributed by atoms with E-state index in [0.717, 1.165) is 32.3 Å². The van der Waals surface area contributed by atoms with E-state index in [-0.39, 0.29) is 12.3 Å². The van der Waals surface area contributed by atoms with Crippen molar-refractivity contribution in [3.63, 3.8) is 0 Å². The van der Waals surface area contributed by atoms with Crippen LogP contribution < -0.4 is 11.1 Å². The summed E-state index contributed by atoms with van der Waals surface area (Å²) in [4.78, 5) is 25.4. The fourth-order valence-corrected chi connectivity index (χ4v) is 4.44. The standard InChI is InChI=1S/C23H18BrClN2O2/c24-19-10-9-14(25)11-13(19)12-20(22(26)28)27-23(29)21-17-7-3-1-5-15(17)16-6-2-4-8-18(16)21/h1-11,20-21H,12H2,(H2,26,28)(H,27,29)/t20-/m1/s1. The molecule has 3 N–H and O–H groups in total. The molecular formula is C23H18BrClN2O2. The Morgan fingerprint density at radius 1 is 1.00 bits per heavy atom. The van der Waals surface area contributed by atoms with Crippen LogP contribution in [0.2, 0.25) is 5.02 Å². The van der Waals surface area contributed by atoms with E-state index in [2.05, 4.69) is 21.2 Å². The molecule has 3 aromatic carbocycles. The third-order valence-corrected chi connectivity index (χ3v) is 6.20. The first kappa shape index (κ1) is 19.7. The van der Waals surface area contributed by atoms with Gasteiger partial charge in [-0.05, 0) is 46.0 Å². The predicted octanol–water partition coefficient (Wildman–Crippen LogP) is 4.43. The number of hydrogen-bond acceptors (Lipinski definition) is 2. The fourth-order valence-electron chi connectivity index (χ4n) is 3.84. The molecule has 0 unspecified atom stereocenters. The van der Waals surface area contributed by atoms with Gasteiger partial charge in [0.05, 0.1) is 5.92 Å². The summed E-state index contributed by atoms with van der Waals surface area (Å²) in [6.45, 7) is 0. The van der Waals surface area contributed by atoms with Gasteiger partial charge in [0.2, 0.25) is 11.8 Å². The van der Waals surface area contributed by atoms with Crippen LogP contribution in [-0.4, -0.2) is 17.9 Å². The molecule has 2 amide bonds. The molecule has 0 heterocycles. The number of nitrogens with two attached hydrogens (primary N) is 1. The van der Waals surface area contributed by atoms with E-state index in [0.29, 0.717) is 5.02 Å². The quantitative estimate of drug-likeness (QED) is 0.580. The first-order chi connectivity index (χ1) is 14.0. The highest BCUT2D eigenvalue weighted by molar-refractivity contribution is 9.10. The van der Waals surface area contributed by atoms with Gasteiger partial charge in [-0.25, -0.2) is 0 Å². The maximum Gasteiger partial charge on any atom is 0.240 e. The van der Waals surface area contributed by atoms with Crippen molar-refractivity contribution in [2.24, 2.45) is 5.73 Å². The van der Waals surface area contributed by atoms with Gasteiger partial charge in [0.25, 0.3) is 0 Å². The first-order valence-corrected chi connectivity index (χ1v) is 10.3. The Morgan fingerprint density at radius 3 is 2.17 bits per heavy atom. The van der Waals surface area contributed by atoms with Crippen LogP contribution >= 0.6 is 27.5 Å². The largest absolute Gasteiger partial charge is 0.368 e.